The lowest BCUT2D eigenvalue weighted by atomic mass is 10.1. The molecular formula is C23H23NO7. The van der Waals surface area contributed by atoms with Crippen molar-refractivity contribution in [2.45, 2.75) is 12.3 Å². The van der Waals surface area contributed by atoms with Crippen LogP contribution in [0.4, 0.5) is 0 Å². The zero-order chi connectivity index (χ0) is 21.8. The Morgan fingerprint density at radius 2 is 1.71 bits per heavy atom. The van der Waals surface area contributed by atoms with Crippen LogP contribution in [0.5, 0.6) is 23.0 Å². The molecule has 1 fully saturated rings. The van der Waals surface area contributed by atoms with E-state index < -0.39 is 0 Å². The highest BCUT2D eigenvalue weighted by Gasteiger charge is 2.41. The van der Waals surface area contributed by atoms with Crippen LogP contribution in [-0.2, 0) is 14.4 Å². The van der Waals surface area contributed by atoms with Crippen molar-refractivity contribution < 1.29 is 33.4 Å². The average Bonchev–Trinajstić information content (AvgIpc) is 3.17. The number of hydrogen-bond acceptors (Lipinski definition) is 7. The molecule has 0 aromatic heterocycles. The number of nitrogens with zero attached hydrogens (tertiary/aromatic N) is 1. The number of carbonyl (C=O) groups is 2. The molecule has 2 aromatic carbocycles. The molecule has 0 N–H and O–H groups in total. The zero-order valence-electron chi connectivity index (χ0n) is 17.3. The van der Waals surface area contributed by atoms with Crippen molar-refractivity contribution in [2.24, 2.45) is 5.92 Å². The van der Waals surface area contributed by atoms with E-state index in [1.54, 1.807) is 13.1 Å². The predicted octanol–water partition coefficient (Wildman–Crippen LogP) is 3.17. The highest BCUT2D eigenvalue weighted by Crippen LogP contribution is 2.52. The number of rotatable bonds is 5. The molecule has 0 bridgehead atoms. The molecule has 1 aliphatic carbocycles. The van der Waals surface area contributed by atoms with E-state index in [1.165, 1.54) is 13.2 Å². The van der Waals surface area contributed by atoms with Gasteiger partial charge in [-0.05, 0) is 30.5 Å². The summed E-state index contributed by atoms with van der Waals surface area (Å²) in [4.78, 5) is 26.8. The van der Waals surface area contributed by atoms with Crippen molar-refractivity contribution in [2.75, 3.05) is 27.7 Å². The summed E-state index contributed by atoms with van der Waals surface area (Å²) in [6.07, 6.45) is 5.06. The first-order valence-electron chi connectivity index (χ1n) is 9.84. The number of fused-ring (bicyclic) bond motifs is 2. The van der Waals surface area contributed by atoms with E-state index in [1.807, 2.05) is 36.4 Å². The minimum atomic E-state index is -0.246. The van der Waals surface area contributed by atoms with Crippen LogP contribution in [-0.4, -0.2) is 45.0 Å². The number of hydroxylamine groups is 2. The summed E-state index contributed by atoms with van der Waals surface area (Å²) in [6.45, 7) is 0.511. The Balaban J connectivity index is 0.000000151. The summed E-state index contributed by atoms with van der Waals surface area (Å²) in [5.74, 6) is 3.29. The van der Waals surface area contributed by atoms with Gasteiger partial charge in [-0.1, -0.05) is 24.3 Å². The largest absolute Gasteiger partial charge is 0.454 e. The second-order valence-electron chi connectivity index (χ2n) is 7.16. The number of likely N-dealkylation sites (N-methyl/N-ethyl adjacent to an activating group) is 1. The molecule has 0 unspecified atom stereocenters. The van der Waals surface area contributed by atoms with Crippen LogP contribution in [0.3, 0.4) is 0 Å². The Morgan fingerprint density at radius 1 is 1.03 bits per heavy atom. The minimum absolute atomic E-state index is 0.186. The first kappa shape index (κ1) is 20.7. The number of ether oxygens (including phenoxy) is 4. The number of benzene rings is 2. The molecule has 1 saturated carbocycles. The highest BCUT2D eigenvalue weighted by molar-refractivity contribution is 5.91. The van der Waals surface area contributed by atoms with E-state index in [2.05, 4.69) is 0 Å². The van der Waals surface area contributed by atoms with Crippen LogP contribution >= 0.6 is 0 Å². The lowest BCUT2D eigenvalue weighted by Gasteiger charge is -2.10. The van der Waals surface area contributed by atoms with Gasteiger partial charge < -0.3 is 23.7 Å². The minimum Gasteiger partial charge on any atom is -0.454 e. The summed E-state index contributed by atoms with van der Waals surface area (Å²) >= 11 is 0. The Labute approximate surface area is 179 Å². The van der Waals surface area contributed by atoms with Crippen molar-refractivity contribution in [3.05, 3.63) is 53.6 Å². The zero-order valence-corrected chi connectivity index (χ0v) is 17.3. The normalized spacial score (nSPS) is 19.5. The van der Waals surface area contributed by atoms with Crippen molar-refractivity contribution in [3.8, 4) is 23.0 Å². The van der Waals surface area contributed by atoms with E-state index >= 15 is 0 Å². The van der Waals surface area contributed by atoms with Crippen molar-refractivity contribution in [1.29, 1.82) is 0 Å². The van der Waals surface area contributed by atoms with Gasteiger partial charge in [0.1, 0.15) is 6.29 Å². The van der Waals surface area contributed by atoms with E-state index in [9.17, 15) is 9.59 Å². The Bertz CT molecular complexity index is 1000. The molecule has 2 heterocycles. The van der Waals surface area contributed by atoms with Gasteiger partial charge in [0.2, 0.25) is 13.6 Å². The van der Waals surface area contributed by atoms with Crippen LogP contribution in [0.1, 0.15) is 23.5 Å². The molecule has 31 heavy (non-hydrogen) atoms. The molecule has 162 valence electrons. The lowest BCUT2D eigenvalue weighted by Crippen LogP contribution is -2.22. The maximum atomic E-state index is 11.5. The third kappa shape index (κ3) is 4.49. The topological polar surface area (TPSA) is 83.5 Å². The summed E-state index contributed by atoms with van der Waals surface area (Å²) in [7, 11) is 2.98. The lowest BCUT2D eigenvalue weighted by molar-refractivity contribution is -0.162. The number of aldehydes is 1. The maximum absolute atomic E-state index is 11.5. The molecule has 3 aliphatic rings. The van der Waals surface area contributed by atoms with Gasteiger partial charge in [0.05, 0.1) is 7.11 Å². The number of carbonyl (C=O) groups excluding carboxylic acids is 2. The molecule has 0 radical (unpaired) electrons. The highest BCUT2D eigenvalue weighted by atomic mass is 16.7. The van der Waals surface area contributed by atoms with Crippen LogP contribution in [0.15, 0.2) is 42.5 Å². The molecule has 0 saturated heterocycles. The molecule has 2 aliphatic heterocycles. The summed E-state index contributed by atoms with van der Waals surface area (Å²) < 4.78 is 21.2. The third-order valence-corrected chi connectivity index (χ3v) is 5.26. The van der Waals surface area contributed by atoms with Crippen molar-refractivity contribution in [1.82, 2.24) is 5.06 Å². The molecular weight excluding hydrogens is 402 g/mol. The molecule has 8 nitrogen and oxygen atoms in total. The van der Waals surface area contributed by atoms with Crippen molar-refractivity contribution in [3.63, 3.8) is 0 Å². The van der Waals surface area contributed by atoms with Crippen molar-refractivity contribution >= 4 is 18.3 Å². The second-order valence-corrected chi connectivity index (χ2v) is 7.16. The van der Waals surface area contributed by atoms with E-state index in [-0.39, 0.29) is 18.6 Å². The fourth-order valence-electron chi connectivity index (χ4n) is 3.41. The third-order valence-electron chi connectivity index (χ3n) is 5.26. The average molecular weight is 425 g/mol. The maximum Gasteiger partial charge on any atom is 0.269 e. The first-order valence-corrected chi connectivity index (χ1v) is 9.84. The Kier molecular flexibility index (Phi) is 6.08. The second kappa shape index (κ2) is 9.09. The fourth-order valence-corrected chi connectivity index (χ4v) is 3.41. The molecule has 8 heteroatoms. The molecule has 1 amide bonds. The molecule has 2 aromatic rings. The predicted molar refractivity (Wildman–Crippen MR) is 111 cm³/mol. The molecule has 5 rings (SSSR count). The van der Waals surface area contributed by atoms with Gasteiger partial charge in [0, 0.05) is 30.2 Å². The standard InChI is InChI=1S/C12H13NO4.C11H10O3/c1-13(15-2)11(14)7-6-9-4-3-5-10-12(9)17-8-16-10;12-5-7-4-9(7)8-2-1-3-10-11(8)14-6-13-10/h3-7H,8H2,1-2H3;1-3,5,7,9H,4,6H2/b7-6+;/t;7-,9+/m.0/s1. The van der Waals surface area contributed by atoms with E-state index in [0.717, 1.165) is 40.4 Å². The van der Waals surface area contributed by atoms with E-state index in [4.69, 9.17) is 23.8 Å². The van der Waals surface area contributed by atoms with Gasteiger partial charge in [0.15, 0.2) is 23.0 Å². The van der Waals surface area contributed by atoms with Gasteiger partial charge in [-0.2, -0.15) is 0 Å². The Hall–Kier alpha value is -3.52. The quantitative estimate of drug-likeness (QED) is 0.413. The molecule has 2 atom stereocenters. The smallest absolute Gasteiger partial charge is 0.269 e. The van der Waals surface area contributed by atoms with E-state index in [0.29, 0.717) is 24.2 Å². The van der Waals surface area contributed by atoms with Crippen LogP contribution < -0.4 is 18.9 Å². The van der Waals surface area contributed by atoms with Gasteiger partial charge in [-0.15, -0.1) is 0 Å². The van der Waals surface area contributed by atoms with Crippen LogP contribution in [0.2, 0.25) is 0 Å². The molecule has 0 spiro atoms. The monoisotopic (exact) mass is 425 g/mol. The number of amides is 1. The van der Waals surface area contributed by atoms with Crippen LogP contribution in [0, 0.1) is 5.92 Å². The summed E-state index contributed by atoms with van der Waals surface area (Å²) in [5.41, 5.74) is 1.93. The fraction of sp³-hybridized carbons (Fsp3) is 0.304. The van der Waals surface area contributed by atoms with Crippen LogP contribution in [0.25, 0.3) is 6.08 Å². The van der Waals surface area contributed by atoms with Gasteiger partial charge in [-0.3, -0.25) is 9.63 Å². The summed E-state index contributed by atoms with van der Waals surface area (Å²) in [5, 5.41) is 1.14. The van der Waals surface area contributed by atoms with Gasteiger partial charge in [-0.25, -0.2) is 5.06 Å². The Morgan fingerprint density at radius 3 is 2.39 bits per heavy atom. The van der Waals surface area contributed by atoms with Gasteiger partial charge in [0.25, 0.3) is 5.91 Å². The summed E-state index contributed by atoms with van der Waals surface area (Å²) in [6, 6.07) is 11.4. The number of hydrogen-bond donors (Lipinski definition) is 0. The SMILES string of the molecule is CON(C)C(=O)/C=C/c1cccc2c1OCO2.O=C[C@@H]1C[C@H]1c1cccc2c1OCO2. The van der Waals surface area contributed by atoms with Gasteiger partial charge >= 0.3 is 0 Å². The number of para-hydroxylation sites is 2. The first-order chi connectivity index (χ1) is 15.1.